The molecule has 2 nitrogen and oxygen atoms in total. The SMILES string of the molecule is CC(C)(CCl)CNC(=O)C1CCC(F)(F)CC1. The van der Waals surface area contributed by atoms with Crippen molar-refractivity contribution in [1.82, 2.24) is 5.32 Å². The zero-order valence-electron chi connectivity index (χ0n) is 10.4. The van der Waals surface area contributed by atoms with E-state index in [2.05, 4.69) is 5.32 Å². The van der Waals surface area contributed by atoms with Gasteiger partial charge in [0.25, 0.3) is 0 Å². The molecule has 1 rings (SSSR count). The summed E-state index contributed by atoms with van der Waals surface area (Å²) in [4.78, 5) is 11.8. The Morgan fingerprint density at radius 1 is 1.41 bits per heavy atom. The maximum Gasteiger partial charge on any atom is 0.248 e. The average Bonchev–Trinajstić information content (AvgIpc) is 2.26. The molecule has 0 bridgehead atoms. The van der Waals surface area contributed by atoms with Crippen molar-refractivity contribution in [3.8, 4) is 0 Å². The molecule has 0 radical (unpaired) electrons. The van der Waals surface area contributed by atoms with E-state index in [9.17, 15) is 13.6 Å². The van der Waals surface area contributed by atoms with Gasteiger partial charge >= 0.3 is 0 Å². The van der Waals surface area contributed by atoms with E-state index < -0.39 is 5.92 Å². The van der Waals surface area contributed by atoms with Gasteiger partial charge in [-0.15, -0.1) is 11.6 Å². The van der Waals surface area contributed by atoms with Crippen molar-refractivity contribution >= 4 is 17.5 Å². The number of hydrogen-bond donors (Lipinski definition) is 1. The third-order valence-corrected chi connectivity index (χ3v) is 3.91. The molecule has 0 aromatic heterocycles. The standard InChI is InChI=1S/C12H20ClF2NO/c1-11(2,7-13)8-16-10(17)9-3-5-12(14,15)6-4-9/h9H,3-8H2,1-2H3,(H,16,17). The molecular formula is C12H20ClF2NO. The molecular weight excluding hydrogens is 248 g/mol. The molecule has 0 atom stereocenters. The van der Waals surface area contributed by atoms with Crippen LogP contribution in [0.15, 0.2) is 0 Å². The average molecular weight is 268 g/mol. The van der Waals surface area contributed by atoms with E-state index in [1.807, 2.05) is 13.8 Å². The molecule has 0 heterocycles. The number of rotatable bonds is 4. The van der Waals surface area contributed by atoms with Gasteiger partial charge in [-0.2, -0.15) is 0 Å². The van der Waals surface area contributed by atoms with Crippen molar-refractivity contribution in [2.45, 2.75) is 45.5 Å². The Kier molecular flexibility index (Phi) is 4.76. The number of halogens is 3. The Morgan fingerprint density at radius 3 is 2.41 bits per heavy atom. The van der Waals surface area contributed by atoms with Gasteiger partial charge in [-0.1, -0.05) is 13.8 Å². The minimum absolute atomic E-state index is 0.112. The van der Waals surface area contributed by atoms with Crippen LogP contribution in [-0.2, 0) is 4.79 Å². The second-order valence-corrected chi connectivity index (χ2v) is 5.91. The summed E-state index contributed by atoms with van der Waals surface area (Å²) >= 11 is 5.75. The summed E-state index contributed by atoms with van der Waals surface area (Å²) in [5, 5.41) is 2.80. The van der Waals surface area contributed by atoms with Gasteiger partial charge in [-0.3, -0.25) is 4.79 Å². The van der Waals surface area contributed by atoms with Gasteiger partial charge in [0.05, 0.1) is 0 Å². The lowest BCUT2D eigenvalue weighted by Gasteiger charge is -2.29. The molecule has 0 spiro atoms. The summed E-state index contributed by atoms with van der Waals surface area (Å²) in [5.41, 5.74) is -0.157. The van der Waals surface area contributed by atoms with Crippen LogP contribution in [0.1, 0.15) is 39.5 Å². The maximum absolute atomic E-state index is 12.9. The summed E-state index contributed by atoms with van der Waals surface area (Å²) in [6.45, 7) is 4.40. The first-order valence-corrected chi connectivity index (χ1v) is 6.51. The van der Waals surface area contributed by atoms with Crippen molar-refractivity contribution in [2.24, 2.45) is 11.3 Å². The molecule has 0 aliphatic heterocycles. The Bertz CT molecular complexity index is 272. The number of carbonyl (C=O) groups is 1. The Labute approximate surface area is 106 Å². The van der Waals surface area contributed by atoms with E-state index in [1.165, 1.54) is 0 Å². The van der Waals surface area contributed by atoms with Crippen LogP contribution < -0.4 is 5.32 Å². The number of nitrogens with one attached hydrogen (secondary N) is 1. The van der Waals surface area contributed by atoms with Gasteiger partial charge in [0, 0.05) is 31.2 Å². The predicted octanol–water partition coefficient (Wildman–Crippen LogP) is 3.19. The third kappa shape index (κ3) is 4.78. The van der Waals surface area contributed by atoms with Crippen LogP contribution in [0.25, 0.3) is 0 Å². The molecule has 5 heteroatoms. The fourth-order valence-electron chi connectivity index (χ4n) is 1.82. The van der Waals surface area contributed by atoms with E-state index in [0.717, 1.165) is 0 Å². The monoisotopic (exact) mass is 267 g/mol. The largest absolute Gasteiger partial charge is 0.355 e. The van der Waals surface area contributed by atoms with Crippen molar-refractivity contribution in [2.75, 3.05) is 12.4 Å². The van der Waals surface area contributed by atoms with Gasteiger partial charge < -0.3 is 5.32 Å². The molecule has 1 fully saturated rings. The lowest BCUT2D eigenvalue weighted by Crippen LogP contribution is -2.40. The zero-order valence-corrected chi connectivity index (χ0v) is 11.1. The predicted molar refractivity (Wildman–Crippen MR) is 64.4 cm³/mol. The zero-order chi connectivity index (χ0) is 13.1. The summed E-state index contributed by atoms with van der Waals surface area (Å²) in [5.74, 6) is -2.50. The first-order valence-electron chi connectivity index (χ1n) is 5.97. The highest BCUT2D eigenvalue weighted by molar-refractivity contribution is 6.18. The van der Waals surface area contributed by atoms with Gasteiger partial charge in [0.15, 0.2) is 0 Å². The Hall–Kier alpha value is -0.380. The van der Waals surface area contributed by atoms with E-state index in [4.69, 9.17) is 11.6 Å². The summed E-state index contributed by atoms with van der Waals surface area (Å²) in [6.07, 6.45) is 0.203. The van der Waals surface area contributed by atoms with Gasteiger partial charge in [0.2, 0.25) is 11.8 Å². The highest BCUT2D eigenvalue weighted by atomic mass is 35.5. The van der Waals surface area contributed by atoms with Gasteiger partial charge in [-0.05, 0) is 18.3 Å². The smallest absolute Gasteiger partial charge is 0.248 e. The first-order chi connectivity index (χ1) is 7.76. The second kappa shape index (κ2) is 5.51. The fourth-order valence-corrected chi connectivity index (χ4v) is 1.91. The molecule has 17 heavy (non-hydrogen) atoms. The van der Waals surface area contributed by atoms with E-state index in [0.29, 0.717) is 12.4 Å². The minimum atomic E-state index is -2.58. The maximum atomic E-state index is 12.9. The molecule has 1 aliphatic carbocycles. The quantitative estimate of drug-likeness (QED) is 0.779. The molecule has 0 aromatic rings. The highest BCUT2D eigenvalue weighted by Crippen LogP contribution is 2.36. The van der Waals surface area contributed by atoms with Crippen LogP contribution >= 0.6 is 11.6 Å². The van der Waals surface area contributed by atoms with Crippen LogP contribution in [0.2, 0.25) is 0 Å². The van der Waals surface area contributed by atoms with Gasteiger partial charge in [0.1, 0.15) is 0 Å². The van der Waals surface area contributed by atoms with Crippen LogP contribution in [0.3, 0.4) is 0 Å². The Balaban J connectivity index is 2.35. The Morgan fingerprint density at radius 2 is 1.94 bits per heavy atom. The van der Waals surface area contributed by atoms with Crippen molar-refractivity contribution in [1.29, 1.82) is 0 Å². The van der Waals surface area contributed by atoms with E-state index in [-0.39, 0.29) is 42.9 Å². The van der Waals surface area contributed by atoms with E-state index >= 15 is 0 Å². The number of alkyl halides is 3. The number of carbonyl (C=O) groups excluding carboxylic acids is 1. The fraction of sp³-hybridized carbons (Fsp3) is 0.917. The molecule has 1 amide bonds. The van der Waals surface area contributed by atoms with Crippen molar-refractivity contribution in [3.63, 3.8) is 0 Å². The van der Waals surface area contributed by atoms with E-state index in [1.54, 1.807) is 0 Å². The minimum Gasteiger partial charge on any atom is -0.355 e. The molecule has 1 aliphatic rings. The first kappa shape index (κ1) is 14.7. The number of hydrogen-bond acceptors (Lipinski definition) is 1. The van der Waals surface area contributed by atoms with Crippen molar-refractivity contribution in [3.05, 3.63) is 0 Å². The third-order valence-electron chi connectivity index (χ3n) is 3.19. The lowest BCUT2D eigenvalue weighted by atomic mass is 9.86. The van der Waals surface area contributed by atoms with Gasteiger partial charge in [-0.25, -0.2) is 8.78 Å². The summed E-state index contributed by atoms with van der Waals surface area (Å²) in [6, 6.07) is 0. The second-order valence-electron chi connectivity index (χ2n) is 5.65. The lowest BCUT2D eigenvalue weighted by molar-refractivity contribution is -0.129. The topological polar surface area (TPSA) is 29.1 Å². The van der Waals surface area contributed by atoms with Crippen LogP contribution in [0.4, 0.5) is 8.78 Å². The van der Waals surface area contributed by atoms with Crippen LogP contribution in [0.5, 0.6) is 0 Å². The molecule has 1 saturated carbocycles. The number of amides is 1. The molecule has 0 aromatic carbocycles. The molecule has 1 N–H and O–H groups in total. The highest BCUT2D eigenvalue weighted by Gasteiger charge is 2.37. The summed E-state index contributed by atoms with van der Waals surface area (Å²) < 4.78 is 25.8. The molecule has 100 valence electrons. The molecule has 0 unspecified atom stereocenters. The van der Waals surface area contributed by atoms with Crippen molar-refractivity contribution < 1.29 is 13.6 Å². The normalized spacial score (nSPS) is 21.2. The summed E-state index contributed by atoms with van der Waals surface area (Å²) in [7, 11) is 0. The van der Waals surface area contributed by atoms with Crippen LogP contribution in [-0.4, -0.2) is 24.3 Å². The van der Waals surface area contributed by atoms with Crippen LogP contribution in [0, 0.1) is 11.3 Å². The molecule has 0 saturated heterocycles.